The summed E-state index contributed by atoms with van der Waals surface area (Å²) in [4.78, 5) is 23.0. The Bertz CT molecular complexity index is 597. The van der Waals surface area contributed by atoms with E-state index in [0.717, 1.165) is 7.11 Å². The van der Waals surface area contributed by atoms with Gasteiger partial charge in [0.05, 0.1) is 31.3 Å². The van der Waals surface area contributed by atoms with Gasteiger partial charge in [-0.3, -0.25) is 4.79 Å². The number of amides is 1. The molecular weight excluding hydrogens is 429 g/mol. The Morgan fingerprint density at radius 3 is 2.16 bits per heavy atom. The third kappa shape index (κ3) is 6.58. The number of ether oxygens (including phenoxy) is 4. The first kappa shape index (κ1) is 28.7. The van der Waals surface area contributed by atoms with Crippen molar-refractivity contribution in [2.75, 3.05) is 20.3 Å². The Balaban J connectivity index is 0.00000480. The standard InChI is InChI=1S/C18H31NO11.Na/c1-4-8-11(19-7(2)21)15(13(23)9(5-20)29-8)28-6-10-12(22)14(24)16(27-3)17(30-10)18(25)26;/h8-17,20,22-24H,4-6H2,1-3H3,(H,19,21)(H,25,26);/q;+1/p-1/t8-,9?,10-,11?,12?,13+,14-,15-,16-,17?;/m0./s1. The van der Waals surface area contributed by atoms with Gasteiger partial charge in [-0.1, -0.05) is 6.92 Å². The van der Waals surface area contributed by atoms with Crippen LogP contribution in [-0.4, -0.2) is 114 Å². The van der Waals surface area contributed by atoms with Gasteiger partial charge in [0, 0.05) is 14.0 Å². The van der Waals surface area contributed by atoms with E-state index in [1.807, 2.05) is 0 Å². The van der Waals surface area contributed by atoms with Gasteiger partial charge in [0.2, 0.25) is 5.91 Å². The number of carboxylic acid groups (broad SMARTS) is 1. The molecule has 174 valence electrons. The summed E-state index contributed by atoms with van der Waals surface area (Å²) in [5.74, 6) is -2.03. The number of carbonyl (C=O) groups excluding carboxylic acids is 2. The van der Waals surface area contributed by atoms with E-state index in [-0.39, 0.29) is 29.6 Å². The van der Waals surface area contributed by atoms with Crippen LogP contribution in [0, 0.1) is 0 Å². The number of aliphatic hydroxyl groups is 4. The van der Waals surface area contributed by atoms with E-state index in [1.54, 1.807) is 6.92 Å². The van der Waals surface area contributed by atoms with Gasteiger partial charge in [-0.2, -0.15) is 0 Å². The molecule has 2 saturated heterocycles. The monoisotopic (exact) mass is 459 g/mol. The molecule has 2 heterocycles. The van der Waals surface area contributed by atoms with Crippen molar-refractivity contribution in [2.24, 2.45) is 0 Å². The van der Waals surface area contributed by atoms with Crippen LogP contribution >= 0.6 is 0 Å². The van der Waals surface area contributed by atoms with Crippen molar-refractivity contribution in [3.05, 3.63) is 0 Å². The van der Waals surface area contributed by atoms with Gasteiger partial charge in [0.15, 0.2) is 0 Å². The summed E-state index contributed by atoms with van der Waals surface area (Å²) < 4.78 is 21.6. The Hall–Kier alpha value is -0.380. The van der Waals surface area contributed by atoms with E-state index in [2.05, 4.69) is 5.32 Å². The summed E-state index contributed by atoms with van der Waals surface area (Å²) in [6.45, 7) is 2.16. The number of hydrogen-bond donors (Lipinski definition) is 5. The molecule has 0 saturated carbocycles. The number of nitrogens with one attached hydrogen (secondary N) is 1. The number of methoxy groups -OCH3 is 1. The number of hydrogen-bond acceptors (Lipinski definition) is 11. The van der Waals surface area contributed by atoms with Gasteiger partial charge in [-0.15, -0.1) is 0 Å². The second-order valence-electron chi connectivity index (χ2n) is 7.41. The number of carboxylic acids is 1. The average Bonchev–Trinajstić information content (AvgIpc) is 2.70. The van der Waals surface area contributed by atoms with Crippen molar-refractivity contribution in [1.29, 1.82) is 0 Å². The molecule has 2 fully saturated rings. The molecule has 0 bridgehead atoms. The van der Waals surface area contributed by atoms with Gasteiger partial charge >= 0.3 is 29.6 Å². The first-order valence-electron chi connectivity index (χ1n) is 9.74. The van der Waals surface area contributed by atoms with E-state index >= 15 is 0 Å². The van der Waals surface area contributed by atoms with Gasteiger partial charge in [-0.25, -0.2) is 0 Å². The summed E-state index contributed by atoms with van der Waals surface area (Å²) in [5.41, 5.74) is 0. The summed E-state index contributed by atoms with van der Waals surface area (Å²) >= 11 is 0. The Morgan fingerprint density at radius 2 is 1.68 bits per heavy atom. The van der Waals surface area contributed by atoms with Crippen LogP contribution in [0.2, 0.25) is 0 Å². The minimum Gasteiger partial charge on any atom is -0.547 e. The minimum absolute atomic E-state index is 0. The van der Waals surface area contributed by atoms with Crippen LogP contribution in [0.4, 0.5) is 0 Å². The first-order chi connectivity index (χ1) is 14.2. The van der Waals surface area contributed by atoms with E-state index in [4.69, 9.17) is 18.9 Å². The summed E-state index contributed by atoms with van der Waals surface area (Å²) in [7, 11) is 1.16. The van der Waals surface area contributed by atoms with E-state index < -0.39 is 86.1 Å². The molecule has 4 unspecified atom stereocenters. The maximum atomic E-state index is 11.6. The summed E-state index contributed by atoms with van der Waals surface area (Å²) in [6.07, 6.45) is -10.9. The molecule has 10 atom stereocenters. The Morgan fingerprint density at radius 1 is 1.03 bits per heavy atom. The van der Waals surface area contributed by atoms with Crippen LogP contribution in [0.5, 0.6) is 0 Å². The van der Waals surface area contributed by atoms with Crippen molar-refractivity contribution in [3.63, 3.8) is 0 Å². The minimum atomic E-state index is -1.65. The molecule has 0 aromatic carbocycles. The van der Waals surface area contributed by atoms with Crippen molar-refractivity contribution in [3.8, 4) is 0 Å². The summed E-state index contributed by atoms with van der Waals surface area (Å²) in [6, 6.07) is -0.778. The molecule has 2 aliphatic heterocycles. The van der Waals surface area contributed by atoms with Crippen molar-refractivity contribution < 1.29 is 83.6 Å². The zero-order valence-corrected chi connectivity index (χ0v) is 20.0. The van der Waals surface area contributed by atoms with E-state index in [1.165, 1.54) is 6.92 Å². The van der Waals surface area contributed by atoms with Crippen LogP contribution in [0.3, 0.4) is 0 Å². The third-order valence-electron chi connectivity index (χ3n) is 5.42. The van der Waals surface area contributed by atoms with Crippen molar-refractivity contribution >= 4 is 11.9 Å². The predicted molar refractivity (Wildman–Crippen MR) is 95.9 cm³/mol. The van der Waals surface area contributed by atoms with Crippen LogP contribution in [0.15, 0.2) is 0 Å². The molecule has 0 aliphatic carbocycles. The molecule has 0 spiro atoms. The quantitative estimate of drug-likeness (QED) is 0.217. The molecule has 2 rings (SSSR count). The van der Waals surface area contributed by atoms with Gasteiger partial charge in [0.25, 0.3) is 0 Å². The molecule has 2 aliphatic rings. The maximum absolute atomic E-state index is 11.6. The molecule has 1 amide bonds. The van der Waals surface area contributed by atoms with Gasteiger partial charge in [0.1, 0.15) is 48.8 Å². The van der Waals surface area contributed by atoms with E-state index in [0.29, 0.717) is 6.42 Å². The van der Waals surface area contributed by atoms with Gasteiger partial charge < -0.3 is 54.6 Å². The number of aliphatic carboxylic acids is 1. The smallest absolute Gasteiger partial charge is 0.547 e. The van der Waals surface area contributed by atoms with Gasteiger partial charge in [-0.05, 0) is 6.42 Å². The zero-order chi connectivity index (χ0) is 22.6. The van der Waals surface area contributed by atoms with Crippen LogP contribution in [0.25, 0.3) is 0 Å². The average molecular weight is 459 g/mol. The molecule has 0 aromatic rings. The van der Waals surface area contributed by atoms with Crippen molar-refractivity contribution in [2.45, 2.75) is 81.2 Å². The largest absolute Gasteiger partial charge is 1.00 e. The molecule has 5 N–H and O–H groups in total. The van der Waals surface area contributed by atoms with E-state index in [9.17, 15) is 35.1 Å². The topological polar surface area (TPSA) is 187 Å². The predicted octanol–water partition coefficient (Wildman–Crippen LogP) is -7.34. The normalized spacial score (nSPS) is 40.6. The SMILES string of the molecule is CC[C@@H]1OC(CO)[C@@H](O)[C@@H](OC[C@@H]2OC(C(=O)[O-])[C@@H](OC)[C@@H](O)C2O)C1NC(C)=O.[Na+]. The third-order valence-corrected chi connectivity index (χ3v) is 5.42. The molecule has 12 nitrogen and oxygen atoms in total. The van der Waals surface area contributed by atoms with Crippen LogP contribution in [0.1, 0.15) is 20.3 Å². The second kappa shape index (κ2) is 12.8. The molecule has 13 heteroatoms. The second-order valence-corrected chi connectivity index (χ2v) is 7.41. The fourth-order valence-electron chi connectivity index (χ4n) is 3.87. The fraction of sp³-hybridized carbons (Fsp3) is 0.889. The molecule has 0 aromatic heterocycles. The number of aliphatic hydroxyl groups excluding tert-OH is 4. The molecular formula is C18H30NNaO11. The number of carbonyl (C=O) groups is 2. The zero-order valence-electron chi connectivity index (χ0n) is 18.0. The van der Waals surface area contributed by atoms with Crippen LogP contribution in [-0.2, 0) is 28.5 Å². The van der Waals surface area contributed by atoms with Crippen molar-refractivity contribution in [1.82, 2.24) is 5.32 Å². The summed E-state index contributed by atoms with van der Waals surface area (Å²) in [5, 5.41) is 54.5. The fourth-order valence-corrected chi connectivity index (χ4v) is 3.87. The first-order valence-corrected chi connectivity index (χ1v) is 9.74. The Kier molecular flexibility index (Phi) is 11.8. The molecule has 31 heavy (non-hydrogen) atoms. The molecule has 0 radical (unpaired) electrons. The van der Waals surface area contributed by atoms with Crippen LogP contribution < -0.4 is 40.0 Å². The Labute approximate surface area is 202 Å². The maximum Gasteiger partial charge on any atom is 1.00 e. The number of rotatable bonds is 8.